The third kappa shape index (κ3) is 4.16. The van der Waals surface area contributed by atoms with Crippen LogP contribution in [0.1, 0.15) is 12.8 Å². The standard InChI is InChI=1S/C13H16ClNO5S/c14-11-3-1-2-4-12(11)21(18,19)15(10-5-6-10)7-8-20-9-13(16)17/h1-4,10H,5-9H2,(H,16,17). The summed E-state index contributed by atoms with van der Waals surface area (Å²) in [6.45, 7) is -0.289. The van der Waals surface area contributed by atoms with E-state index in [1.165, 1.54) is 16.4 Å². The Kier molecular flexibility index (Phi) is 5.21. The highest BCUT2D eigenvalue weighted by molar-refractivity contribution is 7.89. The summed E-state index contributed by atoms with van der Waals surface area (Å²) in [7, 11) is -3.70. The van der Waals surface area contributed by atoms with Crippen LogP contribution in [0.25, 0.3) is 0 Å². The summed E-state index contributed by atoms with van der Waals surface area (Å²) in [5, 5.41) is 8.68. The molecular formula is C13H16ClNO5S. The second kappa shape index (κ2) is 6.74. The molecule has 0 aliphatic heterocycles. The minimum atomic E-state index is -3.70. The quantitative estimate of drug-likeness (QED) is 0.730. The highest BCUT2D eigenvalue weighted by Crippen LogP contribution is 2.33. The number of halogens is 1. The summed E-state index contributed by atoms with van der Waals surface area (Å²) in [5.41, 5.74) is 0. The van der Waals surface area contributed by atoms with Crippen LogP contribution < -0.4 is 0 Å². The van der Waals surface area contributed by atoms with Gasteiger partial charge >= 0.3 is 5.97 Å². The van der Waals surface area contributed by atoms with Gasteiger partial charge in [0.1, 0.15) is 11.5 Å². The molecule has 0 heterocycles. The van der Waals surface area contributed by atoms with Gasteiger partial charge in [-0.05, 0) is 25.0 Å². The number of sulfonamides is 1. The van der Waals surface area contributed by atoms with E-state index in [2.05, 4.69) is 0 Å². The Bertz CT molecular complexity index is 615. The third-order valence-corrected chi connectivity index (χ3v) is 5.51. The normalized spacial score (nSPS) is 15.3. The van der Waals surface area contributed by atoms with Crippen molar-refractivity contribution in [2.24, 2.45) is 0 Å². The van der Waals surface area contributed by atoms with Gasteiger partial charge in [0, 0.05) is 12.6 Å². The minimum absolute atomic E-state index is 0.0342. The molecule has 0 atom stereocenters. The molecule has 6 nitrogen and oxygen atoms in total. The smallest absolute Gasteiger partial charge is 0.329 e. The maximum absolute atomic E-state index is 12.6. The Morgan fingerprint density at radius 2 is 2.05 bits per heavy atom. The van der Waals surface area contributed by atoms with Gasteiger partial charge in [-0.15, -0.1) is 0 Å². The lowest BCUT2D eigenvalue weighted by Crippen LogP contribution is -2.36. The number of hydrogen-bond acceptors (Lipinski definition) is 4. The molecule has 0 unspecified atom stereocenters. The van der Waals surface area contributed by atoms with Crippen molar-refractivity contribution in [2.45, 2.75) is 23.8 Å². The van der Waals surface area contributed by atoms with Crippen LogP contribution in [0.15, 0.2) is 29.2 Å². The van der Waals surface area contributed by atoms with Crippen LogP contribution in [0.4, 0.5) is 0 Å². The van der Waals surface area contributed by atoms with E-state index < -0.39 is 22.6 Å². The number of nitrogens with zero attached hydrogens (tertiary/aromatic N) is 1. The second-order valence-electron chi connectivity index (χ2n) is 4.72. The van der Waals surface area contributed by atoms with Gasteiger partial charge in [-0.1, -0.05) is 23.7 Å². The fourth-order valence-corrected chi connectivity index (χ4v) is 4.12. The number of carboxylic acid groups (broad SMARTS) is 1. The number of rotatable bonds is 8. The van der Waals surface area contributed by atoms with Gasteiger partial charge in [0.2, 0.25) is 10.0 Å². The molecule has 0 aromatic heterocycles. The number of carbonyl (C=O) groups is 1. The van der Waals surface area contributed by atoms with Crippen molar-refractivity contribution >= 4 is 27.6 Å². The summed E-state index contributed by atoms with van der Waals surface area (Å²) in [5.74, 6) is -1.08. The minimum Gasteiger partial charge on any atom is -0.480 e. The van der Waals surface area contributed by atoms with Crippen LogP contribution in [0.2, 0.25) is 5.02 Å². The lowest BCUT2D eigenvalue weighted by Gasteiger charge is -2.22. The van der Waals surface area contributed by atoms with E-state index >= 15 is 0 Å². The van der Waals surface area contributed by atoms with Crippen LogP contribution >= 0.6 is 11.6 Å². The second-order valence-corrected chi connectivity index (χ2v) is 6.99. The predicted octanol–water partition coefficient (Wildman–Crippen LogP) is 1.59. The summed E-state index contributed by atoms with van der Waals surface area (Å²) in [6, 6.07) is 6.22. The van der Waals surface area contributed by atoms with Gasteiger partial charge in [-0.2, -0.15) is 4.31 Å². The average Bonchev–Trinajstić information content (AvgIpc) is 3.22. The van der Waals surface area contributed by atoms with E-state index in [0.717, 1.165) is 12.8 Å². The number of benzene rings is 1. The molecule has 1 N–H and O–H groups in total. The van der Waals surface area contributed by atoms with E-state index in [1.807, 2.05) is 0 Å². The van der Waals surface area contributed by atoms with Crippen molar-refractivity contribution in [3.63, 3.8) is 0 Å². The SMILES string of the molecule is O=C(O)COCCN(C1CC1)S(=O)(=O)c1ccccc1Cl. The molecule has 1 aliphatic rings. The molecule has 0 amide bonds. The van der Waals surface area contributed by atoms with E-state index in [1.54, 1.807) is 12.1 Å². The van der Waals surface area contributed by atoms with Crippen LogP contribution in [-0.4, -0.2) is 49.6 Å². The van der Waals surface area contributed by atoms with Crippen LogP contribution in [0.5, 0.6) is 0 Å². The first-order valence-electron chi connectivity index (χ1n) is 6.49. The van der Waals surface area contributed by atoms with Gasteiger partial charge in [0.15, 0.2) is 0 Å². The Hall–Kier alpha value is -1.15. The largest absolute Gasteiger partial charge is 0.480 e. The molecule has 0 radical (unpaired) electrons. The fraction of sp³-hybridized carbons (Fsp3) is 0.462. The molecule has 21 heavy (non-hydrogen) atoms. The molecule has 2 rings (SSSR count). The van der Waals surface area contributed by atoms with Crippen molar-refractivity contribution in [3.05, 3.63) is 29.3 Å². The zero-order chi connectivity index (χ0) is 15.5. The molecule has 116 valence electrons. The summed E-state index contributed by atoms with van der Waals surface area (Å²) < 4.78 is 31.5. The van der Waals surface area contributed by atoms with Gasteiger partial charge in [0.25, 0.3) is 0 Å². The number of aliphatic carboxylic acids is 1. The number of carboxylic acids is 1. The van der Waals surface area contributed by atoms with E-state index in [4.69, 9.17) is 21.4 Å². The van der Waals surface area contributed by atoms with Crippen molar-refractivity contribution in [1.82, 2.24) is 4.31 Å². The monoisotopic (exact) mass is 333 g/mol. The molecule has 1 aromatic rings. The van der Waals surface area contributed by atoms with Gasteiger partial charge in [-0.3, -0.25) is 0 Å². The van der Waals surface area contributed by atoms with Crippen molar-refractivity contribution in [2.75, 3.05) is 19.8 Å². The molecule has 0 bridgehead atoms. The molecule has 1 fully saturated rings. The fourth-order valence-electron chi connectivity index (χ4n) is 1.96. The first kappa shape index (κ1) is 16.2. The molecular weight excluding hydrogens is 318 g/mol. The van der Waals surface area contributed by atoms with Crippen molar-refractivity contribution in [1.29, 1.82) is 0 Å². The van der Waals surface area contributed by atoms with E-state index in [0.29, 0.717) is 0 Å². The number of hydrogen-bond donors (Lipinski definition) is 1. The summed E-state index contributed by atoms with van der Waals surface area (Å²) >= 11 is 5.97. The third-order valence-electron chi connectivity index (χ3n) is 3.06. The van der Waals surface area contributed by atoms with Gasteiger partial charge in [0.05, 0.1) is 11.6 Å². The maximum atomic E-state index is 12.6. The first-order valence-corrected chi connectivity index (χ1v) is 8.30. The van der Waals surface area contributed by atoms with Gasteiger partial charge in [-0.25, -0.2) is 13.2 Å². The Balaban J connectivity index is 2.10. The number of ether oxygens (including phenoxy) is 1. The molecule has 1 aromatic carbocycles. The highest BCUT2D eigenvalue weighted by Gasteiger charge is 2.38. The molecule has 0 saturated heterocycles. The van der Waals surface area contributed by atoms with Crippen LogP contribution in [0, 0.1) is 0 Å². The zero-order valence-electron chi connectivity index (χ0n) is 11.2. The molecule has 0 spiro atoms. The maximum Gasteiger partial charge on any atom is 0.329 e. The van der Waals surface area contributed by atoms with Crippen molar-refractivity contribution in [3.8, 4) is 0 Å². The Morgan fingerprint density at radius 1 is 1.38 bits per heavy atom. The van der Waals surface area contributed by atoms with Gasteiger partial charge < -0.3 is 9.84 Å². The van der Waals surface area contributed by atoms with Crippen molar-refractivity contribution < 1.29 is 23.1 Å². The van der Waals surface area contributed by atoms with E-state index in [-0.39, 0.29) is 29.1 Å². The Labute approximate surface area is 128 Å². The summed E-state index contributed by atoms with van der Waals surface area (Å²) in [4.78, 5) is 10.4. The molecule has 1 saturated carbocycles. The first-order chi connectivity index (χ1) is 9.93. The lowest BCUT2D eigenvalue weighted by atomic mass is 10.4. The molecule has 1 aliphatic carbocycles. The molecule has 8 heteroatoms. The lowest BCUT2D eigenvalue weighted by molar-refractivity contribution is -0.142. The van der Waals surface area contributed by atoms with E-state index in [9.17, 15) is 13.2 Å². The highest BCUT2D eigenvalue weighted by atomic mass is 35.5. The van der Waals surface area contributed by atoms with Crippen LogP contribution in [0.3, 0.4) is 0 Å². The predicted molar refractivity (Wildman–Crippen MR) is 76.8 cm³/mol. The van der Waals surface area contributed by atoms with Crippen LogP contribution in [-0.2, 0) is 19.6 Å². The topological polar surface area (TPSA) is 83.9 Å². The Morgan fingerprint density at radius 3 is 2.62 bits per heavy atom. The zero-order valence-corrected chi connectivity index (χ0v) is 12.8. The average molecular weight is 334 g/mol. The summed E-state index contributed by atoms with van der Waals surface area (Å²) in [6.07, 6.45) is 1.59.